The molecule has 2 rings (SSSR count). The van der Waals surface area contributed by atoms with Crippen LogP contribution >= 0.6 is 0 Å². The second-order valence-electron chi connectivity index (χ2n) is 4.99. The molecular weight excluding hydrogens is 260 g/mol. The molecule has 1 aliphatic rings. The lowest BCUT2D eigenvalue weighted by atomic mass is 9.74. The van der Waals surface area contributed by atoms with E-state index in [1.807, 2.05) is 6.92 Å². The van der Waals surface area contributed by atoms with Crippen LogP contribution in [0.4, 0.5) is 5.82 Å². The SMILES string of the molecule is CCNC(=O)c1ccc(NC2(CC(=O)O)CCC2)nn1. The molecular formula is C13H18N4O3. The molecule has 1 amide bonds. The monoisotopic (exact) mass is 278 g/mol. The maximum Gasteiger partial charge on any atom is 0.305 e. The zero-order valence-electron chi connectivity index (χ0n) is 11.3. The number of hydrogen-bond donors (Lipinski definition) is 3. The first-order valence-corrected chi connectivity index (χ1v) is 6.66. The van der Waals surface area contributed by atoms with Crippen LogP contribution in [0, 0.1) is 0 Å². The van der Waals surface area contributed by atoms with E-state index in [1.165, 1.54) is 0 Å². The van der Waals surface area contributed by atoms with E-state index in [2.05, 4.69) is 20.8 Å². The number of amides is 1. The summed E-state index contributed by atoms with van der Waals surface area (Å²) in [4.78, 5) is 22.4. The summed E-state index contributed by atoms with van der Waals surface area (Å²) < 4.78 is 0. The van der Waals surface area contributed by atoms with Gasteiger partial charge in [-0.3, -0.25) is 9.59 Å². The Kier molecular flexibility index (Phi) is 4.16. The summed E-state index contributed by atoms with van der Waals surface area (Å²) in [6.45, 7) is 2.36. The highest BCUT2D eigenvalue weighted by Crippen LogP contribution is 2.37. The average Bonchev–Trinajstić information content (AvgIpc) is 2.36. The zero-order valence-corrected chi connectivity index (χ0v) is 11.3. The van der Waals surface area contributed by atoms with Gasteiger partial charge in [-0.1, -0.05) is 0 Å². The van der Waals surface area contributed by atoms with Crippen molar-refractivity contribution in [1.82, 2.24) is 15.5 Å². The Morgan fingerprint density at radius 3 is 2.55 bits per heavy atom. The van der Waals surface area contributed by atoms with Crippen molar-refractivity contribution in [2.45, 2.75) is 38.1 Å². The Labute approximate surface area is 116 Å². The van der Waals surface area contributed by atoms with E-state index in [0.29, 0.717) is 12.4 Å². The van der Waals surface area contributed by atoms with Crippen LogP contribution < -0.4 is 10.6 Å². The third-order valence-electron chi connectivity index (χ3n) is 3.43. The number of aromatic nitrogens is 2. The third kappa shape index (κ3) is 3.23. The van der Waals surface area contributed by atoms with Crippen molar-refractivity contribution in [3.63, 3.8) is 0 Å². The summed E-state index contributed by atoms with van der Waals surface area (Å²) in [5.74, 6) is -0.599. The first-order chi connectivity index (χ1) is 9.54. The summed E-state index contributed by atoms with van der Waals surface area (Å²) in [5, 5.41) is 22.5. The number of rotatable bonds is 6. The van der Waals surface area contributed by atoms with Crippen LogP contribution in [0.1, 0.15) is 43.1 Å². The fraction of sp³-hybridized carbons (Fsp3) is 0.538. The number of carbonyl (C=O) groups excluding carboxylic acids is 1. The maximum atomic E-state index is 11.5. The Balaban J connectivity index is 2.03. The topological polar surface area (TPSA) is 104 Å². The van der Waals surface area contributed by atoms with E-state index in [1.54, 1.807) is 12.1 Å². The highest BCUT2D eigenvalue weighted by molar-refractivity contribution is 5.92. The molecule has 1 fully saturated rings. The van der Waals surface area contributed by atoms with Gasteiger partial charge in [-0.25, -0.2) is 0 Å². The number of aliphatic carboxylic acids is 1. The average molecular weight is 278 g/mol. The van der Waals surface area contributed by atoms with Crippen LogP contribution in [0.5, 0.6) is 0 Å². The number of nitrogens with one attached hydrogen (secondary N) is 2. The van der Waals surface area contributed by atoms with Crippen LogP contribution in [-0.4, -0.2) is 39.3 Å². The van der Waals surface area contributed by atoms with Crippen LogP contribution in [0.15, 0.2) is 12.1 Å². The van der Waals surface area contributed by atoms with Gasteiger partial charge in [0.2, 0.25) is 0 Å². The van der Waals surface area contributed by atoms with E-state index < -0.39 is 11.5 Å². The standard InChI is InChI=1S/C13H18N4O3/c1-2-14-12(20)9-4-5-10(17-16-9)15-13(6-3-7-13)8-11(18)19/h4-5H,2-3,6-8H2,1H3,(H,14,20)(H,15,17)(H,18,19). The number of nitrogens with zero attached hydrogens (tertiary/aromatic N) is 2. The fourth-order valence-electron chi connectivity index (χ4n) is 2.28. The summed E-state index contributed by atoms with van der Waals surface area (Å²) in [7, 11) is 0. The van der Waals surface area contributed by atoms with Gasteiger partial charge in [0.05, 0.1) is 6.42 Å². The third-order valence-corrected chi connectivity index (χ3v) is 3.43. The molecule has 1 saturated carbocycles. The van der Waals surface area contributed by atoms with E-state index in [-0.39, 0.29) is 18.0 Å². The Morgan fingerprint density at radius 2 is 2.10 bits per heavy atom. The lowest BCUT2D eigenvalue weighted by molar-refractivity contribution is -0.138. The van der Waals surface area contributed by atoms with Gasteiger partial charge in [0.1, 0.15) is 5.82 Å². The van der Waals surface area contributed by atoms with Crippen molar-refractivity contribution in [3.05, 3.63) is 17.8 Å². The predicted octanol–water partition coefficient (Wildman–Crippen LogP) is 1.04. The fourth-order valence-corrected chi connectivity index (χ4v) is 2.28. The van der Waals surface area contributed by atoms with Crippen LogP contribution in [-0.2, 0) is 4.79 Å². The van der Waals surface area contributed by atoms with Gasteiger partial charge >= 0.3 is 5.97 Å². The van der Waals surface area contributed by atoms with Gasteiger partial charge < -0.3 is 15.7 Å². The van der Waals surface area contributed by atoms with Crippen molar-refractivity contribution in [2.75, 3.05) is 11.9 Å². The molecule has 20 heavy (non-hydrogen) atoms. The maximum absolute atomic E-state index is 11.5. The van der Waals surface area contributed by atoms with Gasteiger partial charge in [-0.05, 0) is 38.3 Å². The van der Waals surface area contributed by atoms with Gasteiger partial charge in [-0.15, -0.1) is 10.2 Å². The molecule has 0 radical (unpaired) electrons. The number of carboxylic acid groups (broad SMARTS) is 1. The van der Waals surface area contributed by atoms with Crippen molar-refractivity contribution in [2.24, 2.45) is 0 Å². The molecule has 0 unspecified atom stereocenters. The molecule has 7 heteroatoms. The lowest BCUT2D eigenvalue weighted by Gasteiger charge is -2.41. The summed E-state index contributed by atoms with van der Waals surface area (Å²) in [6.07, 6.45) is 2.68. The summed E-state index contributed by atoms with van der Waals surface area (Å²) in [5.41, 5.74) is -0.174. The van der Waals surface area contributed by atoms with Gasteiger partial charge in [0, 0.05) is 12.1 Å². The minimum Gasteiger partial charge on any atom is -0.481 e. The molecule has 0 saturated heterocycles. The largest absolute Gasteiger partial charge is 0.481 e. The molecule has 108 valence electrons. The van der Waals surface area contributed by atoms with Gasteiger partial charge in [0.15, 0.2) is 5.69 Å². The van der Waals surface area contributed by atoms with Crippen LogP contribution in [0.2, 0.25) is 0 Å². The number of carbonyl (C=O) groups is 2. The van der Waals surface area contributed by atoms with E-state index in [9.17, 15) is 9.59 Å². The minimum absolute atomic E-state index is 0.0623. The summed E-state index contributed by atoms with van der Waals surface area (Å²) in [6, 6.07) is 3.23. The van der Waals surface area contributed by atoms with E-state index >= 15 is 0 Å². The second kappa shape index (κ2) is 5.85. The molecule has 1 aliphatic carbocycles. The number of carboxylic acids is 1. The molecule has 0 spiro atoms. The Hall–Kier alpha value is -2.18. The number of hydrogen-bond acceptors (Lipinski definition) is 5. The highest BCUT2D eigenvalue weighted by atomic mass is 16.4. The quantitative estimate of drug-likeness (QED) is 0.718. The predicted molar refractivity (Wildman–Crippen MR) is 72.5 cm³/mol. The Bertz CT molecular complexity index is 497. The van der Waals surface area contributed by atoms with Crippen LogP contribution in [0.3, 0.4) is 0 Å². The first-order valence-electron chi connectivity index (χ1n) is 6.66. The molecule has 1 aromatic rings. The molecule has 3 N–H and O–H groups in total. The van der Waals surface area contributed by atoms with Crippen molar-refractivity contribution < 1.29 is 14.7 Å². The molecule has 1 heterocycles. The van der Waals surface area contributed by atoms with Crippen molar-refractivity contribution in [3.8, 4) is 0 Å². The van der Waals surface area contributed by atoms with Crippen molar-refractivity contribution in [1.29, 1.82) is 0 Å². The lowest BCUT2D eigenvalue weighted by Crippen LogP contribution is -2.47. The van der Waals surface area contributed by atoms with Gasteiger partial charge in [0.25, 0.3) is 5.91 Å². The smallest absolute Gasteiger partial charge is 0.305 e. The summed E-state index contributed by atoms with van der Waals surface area (Å²) >= 11 is 0. The molecule has 7 nitrogen and oxygen atoms in total. The zero-order chi connectivity index (χ0) is 14.6. The normalized spacial score (nSPS) is 16.1. The van der Waals surface area contributed by atoms with Crippen LogP contribution in [0.25, 0.3) is 0 Å². The highest BCUT2D eigenvalue weighted by Gasteiger charge is 2.39. The van der Waals surface area contributed by atoms with Crippen molar-refractivity contribution >= 4 is 17.7 Å². The molecule has 0 aromatic carbocycles. The molecule has 0 bridgehead atoms. The Morgan fingerprint density at radius 1 is 1.35 bits per heavy atom. The molecule has 0 atom stereocenters. The number of anilines is 1. The first kappa shape index (κ1) is 14.2. The second-order valence-corrected chi connectivity index (χ2v) is 4.99. The van der Waals surface area contributed by atoms with E-state index in [0.717, 1.165) is 19.3 Å². The molecule has 0 aliphatic heterocycles. The van der Waals surface area contributed by atoms with E-state index in [4.69, 9.17) is 5.11 Å². The van der Waals surface area contributed by atoms with Gasteiger partial charge in [-0.2, -0.15) is 0 Å². The molecule has 1 aromatic heterocycles. The minimum atomic E-state index is -0.830.